The van der Waals surface area contributed by atoms with Crippen LogP contribution in [0.2, 0.25) is 0 Å². The van der Waals surface area contributed by atoms with E-state index in [4.69, 9.17) is 0 Å². The van der Waals surface area contributed by atoms with Crippen LogP contribution in [-0.4, -0.2) is 78.6 Å². The number of carbonyl (C=O) groups excluding carboxylic acids is 2. The zero-order chi connectivity index (χ0) is 21.6. The van der Waals surface area contributed by atoms with Crippen molar-refractivity contribution in [2.24, 2.45) is 0 Å². The zero-order valence-electron chi connectivity index (χ0n) is 18.2. The monoisotopic (exact) mass is 402 g/mol. The Morgan fingerprint density at radius 3 is 2.76 bits per heavy atom. The van der Waals surface area contributed by atoms with Crippen molar-refractivity contribution in [1.29, 1.82) is 0 Å². The highest BCUT2D eigenvalue weighted by Crippen LogP contribution is 2.08. The van der Waals surface area contributed by atoms with Gasteiger partial charge in [-0.3, -0.25) is 14.7 Å². The lowest BCUT2D eigenvalue weighted by Crippen LogP contribution is -2.45. The van der Waals surface area contributed by atoms with E-state index in [-0.39, 0.29) is 11.8 Å². The smallest absolute Gasteiger partial charge is 0.246 e. The molecule has 0 spiro atoms. The van der Waals surface area contributed by atoms with E-state index in [0.717, 1.165) is 30.8 Å². The summed E-state index contributed by atoms with van der Waals surface area (Å²) in [4.78, 5) is 27.7. The van der Waals surface area contributed by atoms with Crippen LogP contribution in [0.1, 0.15) is 38.7 Å². The number of anilines is 1. The molecule has 1 rings (SSSR count). The van der Waals surface area contributed by atoms with Crippen molar-refractivity contribution >= 4 is 17.6 Å². The molecule has 0 aliphatic heterocycles. The number of nitrogens with zero attached hydrogens (tertiary/aromatic N) is 3. The Kier molecular flexibility index (Phi) is 11.2. The van der Waals surface area contributed by atoms with Crippen LogP contribution in [0.25, 0.3) is 0 Å². The average molecular weight is 403 g/mol. The van der Waals surface area contributed by atoms with E-state index in [0.29, 0.717) is 19.5 Å². The number of hydrogen-bond acceptors (Lipinski definition) is 5. The third kappa shape index (κ3) is 9.30. The minimum atomic E-state index is -0.532. The summed E-state index contributed by atoms with van der Waals surface area (Å²) in [7, 11) is 5.49. The normalized spacial score (nSPS) is 11.8. The van der Waals surface area contributed by atoms with Crippen molar-refractivity contribution in [2.45, 2.75) is 39.2 Å². The van der Waals surface area contributed by atoms with E-state index in [1.54, 1.807) is 26.2 Å². The number of carbonyl (C=O) groups is 2. The van der Waals surface area contributed by atoms with Crippen molar-refractivity contribution in [3.05, 3.63) is 23.9 Å². The number of H-pyrrole nitrogens is 1. The molecule has 1 heterocycles. The van der Waals surface area contributed by atoms with Gasteiger partial charge in [0.05, 0.1) is 11.8 Å². The van der Waals surface area contributed by atoms with E-state index in [1.807, 2.05) is 19.0 Å². The molecule has 3 N–H and O–H groups in total. The van der Waals surface area contributed by atoms with Gasteiger partial charge in [0.2, 0.25) is 11.8 Å². The molecule has 0 aliphatic rings. The molecule has 0 bridgehead atoms. The fourth-order valence-corrected chi connectivity index (χ4v) is 2.31. The quantitative estimate of drug-likeness (QED) is 0.296. The molecule has 29 heavy (non-hydrogen) atoms. The third-order valence-corrected chi connectivity index (χ3v) is 4.23. The van der Waals surface area contributed by atoms with E-state index >= 15 is 0 Å². The standard InChI is InChI=1S/C21H34N6O2/c1-6-13-22-20-18(16-24-25-20)11-8-7-9-14-23-21(29)17(2)27(5)19(28)12-10-15-26(3)4/h10,12,16-17H,6-7,9,13-15H2,1-5H3,(H,23,29)(H2,22,24,25)/b12-10+/t17-/m0/s1. The van der Waals surface area contributed by atoms with Crippen LogP contribution < -0.4 is 10.6 Å². The molecular formula is C21H34N6O2. The lowest BCUT2D eigenvalue weighted by molar-refractivity contribution is -0.135. The van der Waals surface area contributed by atoms with Crippen LogP contribution >= 0.6 is 0 Å². The van der Waals surface area contributed by atoms with Crippen molar-refractivity contribution in [3.8, 4) is 11.8 Å². The molecule has 8 nitrogen and oxygen atoms in total. The van der Waals surface area contributed by atoms with Crippen molar-refractivity contribution in [2.75, 3.05) is 46.1 Å². The summed E-state index contributed by atoms with van der Waals surface area (Å²) >= 11 is 0. The maximum absolute atomic E-state index is 12.2. The Labute approximate surface area is 174 Å². The number of hydrogen-bond donors (Lipinski definition) is 3. The molecule has 0 aliphatic carbocycles. The SMILES string of the molecule is CCCNc1[nH]ncc1C#CCCCNC(=O)[C@H](C)N(C)C(=O)/C=C/CN(C)C. The van der Waals surface area contributed by atoms with Crippen LogP contribution in [0, 0.1) is 11.8 Å². The summed E-state index contributed by atoms with van der Waals surface area (Å²) in [5.41, 5.74) is 0.846. The number of aromatic nitrogens is 2. The van der Waals surface area contributed by atoms with E-state index < -0.39 is 6.04 Å². The maximum Gasteiger partial charge on any atom is 0.246 e. The largest absolute Gasteiger partial charge is 0.369 e. The summed E-state index contributed by atoms with van der Waals surface area (Å²) in [6, 6.07) is -0.532. The van der Waals surface area contributed by atoms with Crippen molar-refractivity contribution < 1.29 is 9.59 Å². The molecule has 1 atom stereocenters. The number of likely N-dealkylation sites (N-methyl/N-ethyl adjacent to an activating group) is 2. The Morgan fingerprint density at radius 1 is 1.31 bits per heavy atom. The second-order valence-corrected chi connectivity index (χ2v) is 7.07. The van der Waals surface area contributed by atoms with Gasteiger partial charge >= 0.3 is 0 Å². The Bertz CT molecular complexity index is 729. The van der Waals surface area contributed by atoms with Crippen LogP contribution in [0.5, 0.6) is 0 Å². The number of amides is 2. The topological polar surface area (TPSA) is 93.4 Å². The van der Waals surface area contributed by atoms with Gasteiger partial charge in [0.15, 0.2) is 0 Å². The molecule has 0 aromatic carbocycles. The summed E-state index contributed by atoms with van der Waals surface area (Å²) in [5, 5.41) is 13.0. The molecule has 1 aromatic heterocycles. The predicted octanol–water partition coefficient (Wildman–Crippen LogP) is 1.44. The number of unbranched alkanes of at least 4 members (excludes halogenated alkanes) is 1. The highest BCUT2D eigenvalue weighted by Gasteiger charge is 2.20. The molecule has 160 valence electrons. The predicted molar refractivity (Wildman–Crippen MR) is 116 cm³/mol. The molecule has 8 heteroatoms. The fourth-order valence-electron chi connectivity index (χ4n) is 2.31. The summed E-state index contributed by atoms with van der Waals surface area (Å²) in [6.45, 7) is 5.87. The fraction of sp³-hybridized carbons (Fsp3) is 0.571. The van der Waals surface area contributed by atoms with E-state index in [9.17, 15) is 9.59 Å². The summed E-state index contributed by atoms with van der Waals surface area (Å²) in [5.74, 6) is 6.68. The first kappa shape index (κ1) is 24.2. The number of nitrogens with one attached hydrogen (secondary N) is 3. The van der Waals surface area contributed by atoms with Gasteiger partial charge < -0.3 is 20.4 Å². The first-order valence-corrected chi connectivity index (χ1v) is 9.98. The molecule has 0 unspecified atom stereocenters. The lowest BCUT2D eigenvalue weighted by Gasteiger charge is -2.23. The Hall–Kier alpha value is -2.79. The highest BCUT2D eigenvalue weighted by atomic mass is 16.2. The van der Waals surface area contributed by atoms with Crippen LogP contribution in [0.15, 0.2) is 18.3 Å². The van der Waals surface area contributed by atoms with Gasteiger partial charge in [-0.25, -0.2) is 0 Å². The van der Waals surface area contributed by atoms with Gasteiger partial charge in [-0.2, -0.15) is 5.10 Å². The lowest BCUT2D eigenvalue weighted by atomic mass is 10.2. The Balaban J connectivity index is 2.34. The van der Waals surface area contributed by atoms with Gasteiger partial charge in [-0.15, -0.1) is 0 Å². The average Bonchev–Trinajstić information content (AvgIpc) is 3.14. The second kappa shape index (κ2) is 13.4. The minimum Gasteiger partial charge on any atom is -0.369 e. The first-order valence-electron chi connectivity index (χ1n) is 9.98. The molecule has 0 saturated heterocycles. The zero-order valence-corrected chi connectivity index (χ0v) is 18.2. The highest BCUT2D eigenvalue weighted by molar-refractivity contribution is 5.92. The van der Waals surface area contributed by atoms with Crippen molar-refractivity contribution in [1.82, 2.24) is 25.3 Å². The van der Waals surface area contributed by atoms with Gasteiger partial charge in [-0.05, 0) is 33.9 Å². The number of rotatable bonds is 11. The maximum atomic E-state index is 12.2. The summed E-state index contributed by atoms with van der Waals surface area (Å²) in [6.07, 6.45) is 7.41. The molecule has 0 radical (unpaired) electrons. The van der Waals surface area contributed by atoms with Crippen LogP contribution in [-0.2, 0) is 9.59 Å². The Morgan fingerprint density at radius 2 is 2.07 bits per heavy atom. The molecular weight excluding hydrogens is 368 g/mol. The second-order valence-electron chi connectivity index (χ2n) is 7.07. The van der Waals surface area contributed by atoms with Crippen molar-refractivity contribution in [3.63, 3.8) is 0 Å². The summed E-state index contributed by atoms with van der Waals surface area (Å²) < 4.78 is 0. The van der Waals surface area contributed by atoms with Gasteiger partial charge in [0.25, 0.3) is 0 Å². The van der Waals surface area contributed by atoms with E-state index in [2.05, 4.69) is 39.6 Å². The first-order chi connectivity index (χ1) is 13.9. The minimum absolute atomic E-state index is 0.171. The molecule has 2 amide bonds. The van der Waals surface area contributed by atoms with Gasteiger partial charge in [0.1, 0.15) is 11.9 Å². The molecule has 0 saturated carbocycles. The van der Waals surface area contributed by atoms with E-state index in [1.165, 1.54) is 11.0 Å². The molecule has 0 fully saturated rings. The molecule has 1 aromatic rings. The third-order valence-electron chi connectivity index (χ3n) is 4.23. The van der Waals surface area contributed by atoms with Gasteiger partial charge in [-0.1, -0.05) is 24.8 Å². The van der Waals surface area contributed by atoms with Crippen LogP contribution in [0.3, 0.4) is 0 Å². The number of aromatic amines is 1. The van der Waals surface area contributed by atoms with Crippen LogP contribution in [0.4, 0.5) is 5.82 Å². The van der Waals surface area contributed by atoms with Gasteiger partial charge in [0, 0.05) is 39.2 Å².